The van der Waals surface area contributed by atoms with Crippen LogP contribution in [0, 0.1) is 0 Å². The molecule has 1 N–H and O–H groups in total. The topological polar surface area (TPSA) is 64.6 Å². The highest BCUT2D eigenvalue weighted by molar-refractivity contribution is 9.10. The molecule has 0 saturated heterocycles. The zero-order chi connectivity index (χ0) is 15.5. The van der Waals surface area contributed by atoms with Crippen LogP contribution in [0.4, 0.5) is 0 Å². The van der Waals surface area contributed by atoms with Crippen molar-refractivity contribution in [3.05, 3.63) is 39.7 Å². The SMILES string of the molecule is COc1ccc(CNS(=O)(=O)c2sccc2Br)cc1OC. The van der Waals surface area contributed by atoms with Crippen LogP contribution < -0.4 is 14.2 Å². The van der Waals surface area contributed by atoms with Crippen molar-refractivity contribution in [2.45, 2.75) is 10.8 Å². The van der Waals surface area contributed by atoms with Gasteiger partial charge in [0.1, 0.15) is 4.21 Å². The number of benzene rings is 1. The van der Waals surface area contributed by atoms with Crippen LogP contribution >= 0.6 is 27.3 Å². The highest BCUT2D eigenvalue weighted by Crippen LogP contribution is 2.29. The second kappa shape index (κ2) is 6.78. The molecule has 0 saturated carbocycles. The Morgan fingerprint density at radius 1 is 1.19 bits per heavy atom. The number of hydrogen-bond donors (Lipinski definition) is 1. The number of thiophene rings is 1. The van der Waals surface area contributed by atoms with E-state index in [4.69, 9.17) is 9.47 Å². The van der Waals surface area contributed by atoms with E-state index in [9.17, 15) is 8.42 Å². The van der Waals surface area contributed by atoms with Crippen molar-refractivity contribution in [2.24, 2.45) is 0 Å². The van der Waals surface area contributed by atoms with Crippen molar-refractivity contribution < 1.29 is 17.9 Å². The molecule has 0 fully saturated rings. The maximum atomic E-state index is 12.2. The summed E-state index contributed by atoms with van der Waals surface area (Å²) in [4.78, 5) is 0. The molecule has 114 valence electrons. The van der Waals surface area contributed by atoms with E-state index in [-0.39, 0.29) is 10.8 Å². The van der Waals surface area contributed by atoms with Gasteiger partial charge in [-0.15, -0.1) is 11.3 Å². The molecule has 8 heteroatoms. The highest BCUT2D eigenvalue weighted by Gasteiger charge is 2.19. The molecule has 0 aliphatic rings. The van der Waals surface area contributed by atoms with Crippen molar-refractivity contribution >= 4 is 37.3 Å². The Morgan fingerprint density at radius 2 is 1.90 bits per heavy atom. The second-order valence-corrected chi connectivity index (χ2v) is 7.80. The standard InChI is InChI=1S/C13H14BrNO4S2/c1-18-11-4-3-9(7-12(11)19-2)8-15-21(16,17)13-10(14)5-6-20-13/h3-7,15H,8H2,1-2H3. The van der Waals surface area contributed by atoms with Gasteiger partial charge in [0.05, 0.1) is 14.2 Å². The molecule has 0 radical (unpaired) electrons. The van der Waals surface area contributed by atoms with Gasteiger partial charge in [-0.1, -0.05) is 6.07 Å². The molecule has 1 aromatic carbocycles. The Kier molecular flexibility index (Phi) is 5.26. The van der Waals surface area contributed by atoms with E-state index in [1.807, 2.05) is 0 Å². The summed E-state index contributed by atoms with van der Waals surface area (Å²) < 4.78 is 38.1. The monoisotopic (exact) mass is 391 g/mol. The molecule has 21 heavy (non-hydrogen) atoms. The number of halogens is 1. The van der Waals surface area contributed by atoms with E-state index < -0.39 is 10.0 Å². The van der Waals surface area contributed by atoms with Crippen LogP contribution in [-0.4, -0.2) is 22.6 Å². The molecule has 5 nitrogen and oxygen atoms in total. The largest absolute Gasteiger partial charge is 0.493 e. The van der Waals surface area contributed by atoms with E-state index in [0.29, 0.717) is 16.0 Å². The minimum Gasteiger partial charge on any atom is -0.493 e. The van der Waals surface area contributed by atoms with Crippen LogP contribution in [0.25, 0.3) is 0 Å². The van der Waals surface area contributed by atoms with Gasteiger partial charge in [0, 0.05) is 11.0 Å². The normalized spacial score (nSPS) is 11.4. The Morgan fingerprint density at radius 3 is 2.48 bits per heavy atom. The Labute approximate surface area is 136 Å². The van der Waals surface area contributed by atoms with Gasteiger partial charge in [0.2, 0.25) is 0 Å². The molecule has 2 rings (SSSR count). The van der Waals surface area contributed by atoms with Crippen molar-refractivity contribution in [3.63, 3.8) is 0 Å². The summed E-state index contributed by atoms with van der Waals surface area (Å²) in [6, 6.07) is 6.97. The summed E-state index contributed by atoms with van der Waals surface area (Å²) in [5, 5.41) is 1.72. The molecule has 0 atom stereocenters. The van der Waals surface area contributed by atoms with Crippen LogP contribution in [0.2, 0.25) is 0 Å². The van der Waals surface area contributed by atoms with Gasteiger partial charge in [-0.3, -0.25) is 0 Å². The van der Waals surface area contributed by atoms with Gasteiger partial charge in [-0.25, -0.2) is 13.1 Å². The molecule has 0 spiro atoms. The van der Waals surface area contributed by atoms with Crippen LogP contribution in [0.1, 0.15) is 5.56 Å². The number of sulfonamides is 1. The summed E-state index contributed by atoms with van der Waals surface area (Å²) >= 11 is 4.39. The number of nitrogens with one attached hydrogen (secondary N) is 1. The zero-order valence-corrected chi connectivity index (χ0v) is 14.6. The van der Waals surface area contributed by atoms with E-state index in [2.05, 4.69) is 20.7 Å². The summed E-state index contributed by atoms with van der Waals surface area (Å²) in [5.74, 6) is 1.16. The molecule has 0 aliphatic carbocycles. The van der Waals surface area contributed by atoms with Crippen molar-refractivity contribution in [1.29, 1.82) is 0 Å². The number of methoxy groups -OCH3 is 2. The van der Waals surface area contributed by atoms with Crippen molar-refractivity contribution in [1.82, 2.24) is 4.72 Å². The summed E-state index contributed by atoms with van der Waals surface area (Å²) in [5.41, 5.74) is 0.781. The quantitative estimate of drug-likeness (QED) is 0.821. The lowest BCUT2D eigenvalue weighted by Crippen LogP contribution is -2.22. The molecule has 1 heterocycles. The lowest BCUT2D eigenvalue weighted by atomic mass is 10.2. The Balaban J connectivity index is 2.15. The maximum absolute atomic E-state index is 12.2. The van der Waals surface area contributed by atoms with Crippen LogP contribution in [0.5, 0.6) is 11.5 Å². The lowest BCUT2D eigenvalue weighted by Gasteiger charge is -2.10. The average molecular weight is 392 g/mol. The smallest absolute Gasteiger partial charge is 0.251 e. The van der Waals surface area contributed by atoms with E-state index in [1.165, 1.54) is 7.11 Å². The molecule has 0 amide bonds. The lowest BCUT2D eigenvalue weighted by molar-refractivity contribution is 0.354. The highest BCUT2D eigenvalue weighted by atomic mass is 79.9. The minimum atomic E-state index is -3.53. The maximum Gasteiger partial charge on any atom is 0.251 e. The van der Waals surface area contributed by atoms with Gasteiger partial charge < -0.3 is 9.47 Å². The van der Waals surface area contributed by atoms with Crippen LogP contribution in [-0.2, 0) is 16.6 Å². The summed E-state index contributed by atoms with van der Waals surface area (Å²) in [7, 11) is -0.445. The fraction of sp³-hybridized carbons (Fsp3) is 0.231. The summed E-state index contributed by atoms with van der Waals surface area (Å²) in [6.07, 6.45) is 0. The first-order valence-corrected chi connectivity index (χ1v) is 9.07. The predicted molar refractivity (Wildman–Crippen MR) is 85.6 cm³/mol. The fourth-order valence-corrected chi connectivity index (χ4v) is 5.10. The van der Waals surface area contributed by atoms with Crippen molar-refractivity contribution in [2.75, 3.05) is 14.2 Å². The second-order valence-electron chi connectivity index (χ2n) is 4.07. The molecule has 2 aromatic rings. The summed E-state index contributed by atoms with van der Waals surface area (Å²) in [6.45, 7) is 0.174. The van der Waals surface area contributed by atoms with Gasteiger partial charge in [0.25, 0.3) is 10.0 Å². The first-order chi connectivity index (χ1) is 9.97. The molecule has 1 aromatic heterocycles. The zero-order valence-electron chi connectivity index (χ0n) is 11.4. The van der Waals surface area contributed by atoms with Gasteiger partial charge in [-0.05, 0) is 45.1 Å². The molecule has 0 aliphatic heterocycles. The van der Waals surface area contributed by atoms with Crippen LogP contribution in [0.3, 0.4) is 0 Å². The Hall–Kier alpha value is -1.09. The van der Waals surface area contributed by atoms with Crippen LogP contribution in [0.15, 0.2) is 38.3 Å². The third-order valence-electron chi connectivity index (χ3n) is 2.74. The first kappa shape index (κ1) is 16.3. The van der Waals surface area contributed by atoms with Gasteiger partial charge >= 0.3 is 0 Å². The molecular formula is C13H14BrNO4S2. The average Bonchev–Trinajstić information content (AvgIpc) is 2.92. The minimum absolute atomic E-state index is 0.174. The number of hydrogen-bond acceptors (Lipinski definition) is 5. The van der Waals surface area contributed by atoms with E-state index in [0.717, 1.165) is 16.9 Å². The fourth-order valence-electron chi connectivity index (χ4n) is 1.71. The Bertz CT molecular complexity index is 728. The first-order valence-electron chi connectivity index (χ1n) is 5.91. The number of ether oxygens (including phenoxy) is 2. The third kappa shape index (κ3) is 3.76. The van der Waals surface area contributed by atoms with E-state index in [1.54, 1.807) is 36.8 Å². The molecule has 0 unspecified atom stereocenters. The number of rotatable bonds is 6. The van der Waals surface area contributed by atoms with Gasteiger partial charge in [-0.2, -0.15) is 0 Å². The third-order valence-corrected chi connectivity index (χ3v) is 6.81. The van der Waals surface area contributed by atoms with Gasteiger partial charge in [0.15, 0.2) is 11.5 Å². The van der Waals surface area contributed by atoms with Crippen molar-refractivity contribution in [3.8, 4) is 11.5 Å². The molecule has 0 bridgehead atoms. The van der Waals surface area contributed by atoms with E-state index >= 15 is 0 Å². The predicted octanol–water partition coefficient (Wildman–Crippen LogP) is 3.01. The molecular weight excluding hydrogens is 378 g/mol.